The van der Waals surface area contributed by atoms with Crippen molar-refractivity contribution in [1.29, 1.82) is 0 Å². The lowest BCUT2D eigenvalue weighted by Crippen LogP contribution is -2.37. The van der Waals surface area contributed by atoms with Crippen LogP contribution < -0.4 is 10.2 Å². The molecule has 2 aliphatic rings. The van der Waals surface area contributed by atoms with Gasteiger partial charge in [0.2, 0.25) is 0 Å². The molecule has 1 unspecified atom stereocenters. The summed E-state index contributed by atoms with van der Waals surface area (Å²) in [5.41, 5.74) is 3.05. The zero-order valence-corrected chi connectivity index (χ0v) is 13.5. The highest BCUT2D eigenvalue weighted by atomic mass is 15.2. The first-order valence-corrected chi connectivity index (χ1v) is 8.99. The second-order valence-corrected chi connectivity index (χ2v) is 6.69. The van der Waals surface area contributed by atoms with Crippen LogP contribution in [0.25, 0.3) is 0 Å². The molecule has 0 aromatic heterocycles. The first kappa shape index (κ1) is 14.9. The van der Waals surface area contributed by atoms with Crippen LogP contribution in [0.2, 0.25) is 0 Å². The monoisotopic (exact) mass is 286 g/mol. The molecule has 1 aromatic carbocycles. The number of hydrogen-bond donors (Lipinski definition) is 1. The minimum atomic E-state index is 0.551. The predicted octanol–water partition coefficient (Wildman–Crippen LogP) is 4.66. The number of nitrogens with one attached hydrogen (secondary N) is 1. The van der Waals surface area contributed by atoms with Crippen LogP contribution in [0.4, 0.5) is 5.69 Å². The van der Waals surface area contributed by atoms with Crippen molar-refractivity contribution in [3.05, 3.63) is 29.8 Å². The molecule has 2 heteroatoms. The maximum atomic E-state index is 3.76. The van der Waals surface area contributed by atoms with Crippen molar-refractivity contribution >= 4 is 5.69 Å². The summed E-state index contributed by atoms with van der Waals surface area (Å²) in [6, 6.07) is 10.5. The summed E-state index contributed by atoms with van der Waals surface area (Å²) in [5, 5.41) is 3.76. The Morgan fingerprint density at radius 1 is 1.05 bits per heavy atom. The molecule has 0 amide bonds. The molecular formula is C19H30N2. The van der Waals surface area contributed by atoms with Crippen LogP contribution in [0.5, 0.6) is 0 Å². The lowest BCUT2D eigenvalue weighted by Gasteiger charge is -2.36. The van der Waals surface area contributed by atoms with Gasteiger partial charge in [0, 0.05) is 24.3 Å². The summed E-state index contributed by atoms with van der Waals surface area (Å²) in [4.78, 5) is 2.74. The lowest BCUT2D eigenvalue weighted by molar-refractivity contribution is 0.412. The molecule has 1 atom stereocenters. The highest BCUT2D eigenvalue weighted by molar-refractivity contribution is 5.56. The molecule has 116 valence electrons. The first-order chi connectivity index (χ1) is 10.4. The fourth-order valence-electron chi connectivity index (χ4n) is 4.09. The van der Waals surface area contributed by atoms with E-state index in [-0.39, 0.29) is 0 Å². The number of nitrogens with zero attached hydrogens (tertiary/aromatic N) is 1. The Labute approximate surface area is 129 Å². The van der Waals surface area contributed by atoms with Gasteiger partial charge in [-0.25, -0.2) is 0 Å². The van der Waals surface area contributed by atoms with Crippen LogP contribution in [0, 0.1) is 0 Å². The van der Waals surface area contributed by atoms with Gasteiger partial charge < -0.3 is 10.2 Å². The minimum absolute atomic E-state index is 0.551. The Bertz CT molecular complexity index is 437. The predicted molar refractivity (Wildman–Crippen MR) is 90.9 cm³/mol. The van der Waals surface area contributed by atoms with Crippen molar-refractivity contribution in [3.8, 4) is 0 Å². The summed E-state index contributed by atoms with van der Waals surface area (Å²) in [6.07, 6.45) is 10.9. The minimum Gasteiger partial charge on any atom is -0.368 e. The smallest absolute Gasteiger partial charge is 0.0417 e. The van der Waals surface area contributed by atoms with Gasteiger partial charge in [-0.2, -0.15) is 0 Å². The summed E-state index contributed by atoms with van der Waals surface area (Å²) in [6.45, 7) is 4.62. The number of hydrogen-bond acceptors (Lipinski definition) is 2. The third-order valence-corrected chi connectivity index (χ3v) is 5.17. The summed E-state index contributed by atoms with van der Waals surface area (Å²) in [7, 11) is 0. The quantitative estimate of drug-likeness (QED) is 0.866. The van der Waals surface area contributed by atoms with Gasteiger partial charge in [0.1, 0.15) is 0 Å². The van der Waals surface area contributed by atoms with Crippen molar-refractivity contribution in [3.63, 3.8) is 0 Å². The second-order valence-electron chi connectivity index (χ2n) is 6.69. The van der Waals surface area contributed by atoms with Crippen LogP contribution in [0.3, 0.4) is 0 Å². The molecule has 0 bridgehead atoms. The number of anilines is 1. The summed E-state index contributed by atoms with van der Waals surface area (Å²) < 4.78 is 0. The van der Waals surface area contributed by atoms with Crippen LogP contribution in [0.1, 0.15) is 69.9 Å². The second kappa shape index (κ2) is 7.31. The third-order valence-electron chi connectivity index (χ3n) is 5.17. The zero-order chi connectivity index (χ0) is 14.5. The Hall–Kier alpha value is -1.02. The average Bonchev–Trinajstić information content (AvgIpc) is 2.73. The van der Waals surface area contributed by atoms with E-state index in [2.05, 4.69) is 41.4 Å². The lowest BCUT2D eigenvalue weighted by atomic mass is 9.93. The van der Waals surface area contributed by atoms with E-state index in [0.29, 0.717) is 6.04 Å². The van der Waals surface area contributed by atoms with Crippen molar-refractivity contribution in [1.82, 2.24) is 5.32 Å². The fourth-order valence-corrected chi connectivity index (χ4v) is 4.09. The summed E-state index contributed by atoms with van der Waals surface area (Å²) in [5.74, 6) is 0. The van der Waals surface area contributed by atoms with Gasteiger partial charge in [-0.15, -0.1) is 0 Å². The first-order valence-electron chi connectivity index (χ1n) is 8.99. The molecule has 1 heterocycles. The van der Waals surface area contributed by atoms with E-state index < -0.39 is 0 Å². The van der Waals surface area contributed by atoms with Gasteiger partial charge in [-0.05, 0) is 50.3 Å². The molecule has 3 rings (SSSR count). The van der Waals surface area contributed by atoms with E-state index >= 15 is 0 Å². The Kier molecular flexibility index (Phi) is 5.18. The van der Waals surface area contributed by atoms with E-state index in [1.165, 1.54) is 69.2 Å². The maximum Gasteiger partial charge on any atom is 0.0417 e. The molecule has 1 aliphatic carbocycles. The third kappa shape index (κ3) is 3.42. The van der Waals surface area contributed by atoms with Crippen molar-refractivity contribution in [2.24, 2.45) is 0 Å². The van der Waals surface area contributed by atoms with E-state index in [9.17, 15) is 0 Å². The molecular weight excluding hydrogens is 256 g/mol. The van der Waals surface area contributed by atoms with Gasteiger partial charge in [-0.1, -0.05) is 44.4 Å². The molecule has 1 fully saturated rings. The molecule has 1 aliphatic heterocycles. The van der Waals surface area contributed by atoms with E-state index in [1.807, 2.05) is 0 Å². The van der Waals surface area contributed by atoms with Gasteiger partial charge in [0.15, 0.2) is 0 Å². The number of fused-ring (bicyclic) bond motifs is 1. The van der Waals surface area contributed by atoms with Gasteiger partial charge in [0.05, 0.1) is 0 Å². The SMILES string of the molecule is CCCNC1CCCN(C2CCCCC2)c2ccccc21. The zero-order valence-electron chi connectivity index (χ0n) is 13.5. The molecule has 1 N–H and O–H groups in total. The van der Waals surface area contributed by atoms with Crippen molar-refractivity contribution < 1.29 is 0 Å². The van der Waals surface area contributed by atoms with Gasteiger partial charge in [-0.3, -0.25) is 0 Å². The number of rotatable bonds is 4. The van der Waals surface area contributed by atoms with Crippen LogP contribution >= 0.6 is 0 Å². The molecule has 2 nitrogen and oxygen atoms in total. The number of benzene rings is 1. The summed E-state index contributed by atoms with van der Waals surface area (Å²) >= 11 is 0. The molecule has 1 aromatic rings. The number of para-hydroxylation sites is 1. The normalized spacial score (nSPS) is 23.7. The highest BCUT2D eigenvalue weighted by Gasteiger charge is 2.27. The van der Waals surface area contributed by atoms with Gasteiger partial charge >= 0.3 is 0 Å². The maximum absolute atomic E-state index is 3.76. The molecule has 0 saturated heterocycles. The van der Waals surface area contributed by atoms with E-state index in [1.54, 1.807) is 0 Å². The van der Waals surface area contributed by atoms with Crippen LogP contribution in [-0.2, 0) is 0 Å². The highest BCUT2D eigenvalue weighted by Crippen LogP contribution is 2.36. The molecule has 1 saturated carbocycles. The van der Waals surface area contributed by atoms with Crippen molar-refractivity contribution in [2.45, 2.75) is 70.4 Å². The average molecular weight is 286 g/mol. The molecule has 0 spiro atoms. The van der Waals surface area contributed by atoms with Crippen LogP contribution in [-0.4, -0.2) is 19.1 Å². The van der Waals surface area contributed by atoms with E-state index in [0.717, 1.165) is 12.6 Å². The topological polar surface area (TPSA) is 15.3 Å². The van der Waals surface area contributed by atoms with Crippen molar-refractivity contribution in [2.75, 3.05) is 18.0 Å². The Balaban J connectivity index is 1.84. The molecule has 21 heavy (non-hydrogen) atoms. The Morgan fingerprint density at radius 3 is 2.67 bits per heavy atom. The van der Waals surface area contributed by atoms with Gasteiger partial charge in [0.25, 0.3) is 0 Å². The molecule has 0 radical (unpaired) electrons. The standard InChI is InChI=1S/C19H30N2/c1-2-14-20-18-12-8-15-21(16-9-4-3-5-10-16)19-13-7-6-11-17(18)19/h6-7,11,13,16,18,20H,2-5,8-10,12,14-15H2,1H3. The Morgan fingerprint density at radius 2 is 1.86 bits per heavy atom. The van der Waals surface area contributed by atoms with E-state index in [4.69, 9.17) is 0 Å². The fraction of sp³-hybridized carbons (Fsp3) is 0.684. The largest absolute Gasteiger partial charge is 0.368 e. The van der Waals surface area contributed by atoms with Crippen LogP contribution in [0.15, 0.2) is 24.3 Å².